The van der Waals surface area contributed by atoms with Crippen LogP contribution in [0.25, 0.3) is 10.9 Å². The normalized spacial score (nSPS) is 12.1. The number of fused-ring (bicyclic) bond motifs is 1. The molecule has 0 saturated heterocycles. The molecule has 3 rings (SSSR count). The minimum Gasteiger partial charge on any atom is -0.340 e. The molecule has 20 heavy (non-hydrogen) atoms. The first-order valence-corrected chi connectivity index (χ1v) is 7.59. The summed E-state index contributed by atoms with van der Waals surface area (Å²) in [6, 6.07) is 9.18. The van der Waals surface area contributed by atoms with Crippen LogP contribution in [0, 0.1) is 0 Å². The molecule has 0 aliphatic rings. The molecule has 0 bridgehead atoms. The fourth-order valence-electron chi connectivity index (χ4n) is 2.29. The maximum absolute atomic E-state index is 11.7. The molecule has 0 fully saturated rings. The molecule has 2 heterocycles. The highest BCUT2D eigenvalue weighted by Gasteiger charge is 2.17. The molecule has 0 amide bonds. The largest absolute Gasteiger partial charge is 0.340 e. The number of rotatable bonds is 3. The summed E-state index contributed by atoms with van der Waals surface area (Å²) >= 11 is 0. The van der Waals surface area contributed by atoms with Gasteiger partial charge in [-0.2, -0.15) is 5.10 Å². The van der Waals surface area contributed by atoms with E-state index in [0.717, 1.165) is 11.2 Å². The predicted molar refractivity (Wildman–Crippen MR) is 75.6 cm³/mol. The van der Waals surface area contributed by atoms with Crippen molar-refractivity contribution in [2.24, 2.45) is 12.2 Å². The van der Waals surface area contributed by atoms with E-state index < -0.39 is 10.0 Å². The molecule has 0 aliphatic carbocycles. The summed E-state index contributed by atoms with van der Waals surface area (Å²) in [5.41, 5.74) is 1.68. The maximum atomic E-state index is 11.7. The van der Waals surface area contributed by atoms with Crippen LogP contribution in [0.5, 0.6) is 0 Å². The second-order valence-electron chi connectivity index (χ2n) is 4.66. The van der Waals surface area contributed by atoms with Gasteiger partial charge in [0.25, 0.3) is 0 Å². The number of sulfonamides is 1. The molecule has 1 aromatic carbocycles. The van der Waals surface area contributed by atoms with Crippen LogP contribution in [-0.4, -0.2) is 22.8 Å². The quantitative estimate of drug-likeness (QED) is 0.783. The van der Waals surface area contributed by atoms with E-state index in [0.29, 0.717) is 11.9 Å². The first kappa shape index (κ1) is 12.9. The summed E-state index contributed by atoms with van der Waals surface area (Å²) in [5.74, 6) is 0. The number of nitrogens with two attached hydrogens (primary N) is 1. The molecule has 0 aliphatic heterocycles. The minimum absolute atomic E-state index is 0.143. The van der Waals surface area contributed by atoms with Crippen molar-refractivity contribution in [1.29, 1.82) is 0 Å². The predicted octanol–water partition coefficient (Wildman–Crippen LogP) is 1.07. The fourth-order valence-corrected chi connectivity index (χ4v) is 3.05. The van der Waals surface area contributed by atoms with E-state index in [9.17, 15) is 8.42 Å². The van der Waals surface area contributed by atoms with Crippen molar-refractivity contribution >= 4 is 20.9 Å². The van der Waals surface area contributed by atoms with Crippen LogP contribution in [0.4, 0.5) is 0 Å². The topological polar surface area (TPSA) is 82.9 Å². The van der Waals surface area contributed by atoms with Crippen LogP contribution in [0.15, 0.2) is 47.6 Å². The summed E-state index contributed by atoms with van der Waals surface area (Å²) < 4.78 is 26.9. The number of hydrogen-bond donors (Lipinski definition) is 1. The Balaban J connectivity index is 2.16. The van der Waals surface area contributed by atoms with E-state index in [1.54, 1.807) is 23.0 Å². The molecular weight excluding hydrogens is 276 g/mol. The van der Waals surface area contributed by atoms with Crippen LogP contribution in [0.1, 0.15) is 5.69 Å². The number of benzene rings is 1. The van der Waals surface area contributed by atoms with Gasteiger partial charge in [-0.05, 0) is 12.1 Å². The molecule has 0 unspecified atom stereocenters. The lowest BCUT2D eigenvalue weighted by molar-refractivity contribution is 0.598. The van der Waals surface area contributed by atoms with Gasteiger partial charge in [-0.15, -0.1) is 0 Å². The van der Waals surface area contributed by atoms with Gasteiger partial charge in [0.15, 0.2) is 0 Å². The molecule has 0 saturated carbocycles. The first-order valence-electron chi connectivity index (χ1n) is 6.04. The van der Waals surface area contributed by atoms with Crippen molar-refractivity contribution in [2.75, 3.05) is 0 Å². The summed E-state index contributed by atoms with van der Waals surface area (Å²) in [6.45, 7) is 0.497. The van der Waals surface area contributed by atoms with Crippen molar-refractivity contribution in [3.63, 3.8) is 0 Å². The lowest BCUT2D eigenvalue weighted by Gasteiger charge is -2.01. The molecule has 3 aromatic rings. The van der Waals surface area contributed by atoms with Crippen molar-refractivity contribution in [3.05, 3.63) is 48.4 Å². The molecule has 0 atom stereocenters. The first-order chi connectivity index (χ1) is 9.45. The highest BCUT2D eigenvalue weighted by Crippen LogP contribution is 2.24. The van der Waals surface area contributed by atoms with Crippen LogP contribution in [0.2, 0.25) is 0 Å². The van der Waals surface area contributed by atoms with Gasteiger partial charge < -0.3 is 4.57 Å². The highest BCUT2D eigenvalue weighted by atomic mass is 32.2. The highest BCUT2D eigenvalue weighted by molar-refractivity contribution is 7.89. The number of para-hydroxylation sites is 1. The molecule has 7 heteroatoms. The van der Waals surface area contributed by atoms with Gasteiger partial charge in [0.05, 0.1) is 12.2 Å². The minimum atomic E-state index is -3.74. The lowest BCUT2D eigenvalue weighted by Crippen LogP contribution is -2.11. The monoisotopic (exact) mass is 290 g/mol. The number of aromatic nitrogens is 3. The third kappa shape index (κ3) is 2.21. The van der Waals surface area contributed by atoms with Gasteiger partial charge in [-0.25, -0.2) is 13.6 Å². The van der Waals surface area contributed by atoms with E-state index in [1.807, 2.05) is 36.0 Å². The second kappa shape index (κ2) is 4.46. The molecule has 104 valence electrons. The summed E-state index contributed by atoms with van der Waals surface area (Å²) in [5, 5.41) is 10.2. The Morgan fingerprint density at radius 1 is 1.25 bits per heavy atom. The fraction of sp³-hybridized carbons (Fsp3) is 0.154. The Morgan fingerprint density at radius 2 is 2.00 bits per heavy atom. The molecule has 2 aromatic heterocycles. The molecular formula is C13H14N4O2S. The van der Waals surface area contributed by atoms with Crippen molar-refractivity contribution in [2.45, 2.75) is 11.4 Å². The third-order valence-electron chi connectivity index (χ3n) is 3.16. The number of hydrogen-bond acceptors (Lipinski definition) is 3. The lowest BCUT2D eigenvalue weighted by atomic mass is 10.2. The molecule has 6 nitrogen and oxygen atoms in total. The van der Waals surface area contributed by atoms with Gasteiger partial charge in [0.1, 0.15) is 4.90 Å². The summed E-state index contributed by atoms with van der Waals surface area (Å²) in [4.78, 5) is 0.143. The molecule has 2 N–H and O–H groups in total. The van der Waals surface area contributed by atoms with Crippen LogP contribution in [-0.2, 0) is 23.6 Å². The van der Waals surface area contributed by atoms with Gasteiger partial charge in [0.2, 0.25) is 10.0 Å². The Kier molecular flexibility index (Phi) is 2.88. The summed E-state index contributed by atoms with van der Waals surface area (Å²) in [7, 11) is -1.90. The number of aryl methyl sites for hydroxylation is 1. The van der Waals surface area contributed by atoms with Crippen molar-refractivity contribution < 1.29 is 8.42 Å². The molecule has 0 spiro atoms. The average molecular weight is 290 g/mol. The maximum Gasteiger partial charge on any atom is 0.240 e. The third-order valence-corrected chi connectivity index (χ3v) is 4.10. The summed E-state index contributed by atoms with van der Waals surface area (Å²) in [6.07, 6.45) is 3.41. The van der Waals surface area contributed by atoms with Gasteiger partial charge in [-0.1, -0.05) is 18.2 Å². The van der Waals surface area contributed by atoms with Gasteiger partial charge in [-0.3, -0.25) is 4.68 Å². The SMILES string of the molecule is Cn1ccc(Cn2cc(S(N)(=O)=O)c3ccccc32)n1. The Bertz CT molecular complexity index is 877. The Labute approximate surface area is 116 Å². The Hall–Kier alpha value is -2.12. The van der Waals surface area contributed by atoms with Crippen molar-refractivity contribution in [3.8, 4) is 0 Å². The van der Waals surface area contributed by atoms with E-state index in [-0.39, 0.29) is 4.90 Å². The van der Waals surface area contributed by atoms with E-state index in [4.69, 9.17) is 5.14 Å². The smallest absolute Gasteiger partial charge is 0.240 e. The van der Waals surface area contributed by atoms with E-state index in [2.05, 4.69) is 5.10 Å². The zero-order valence-electron chi connectivity index (χ0n) is 10.9. The number of nitrogens with zero attached hydrogens (tertiary/aromatic N) is 3. The van der Waals surface area contributed by atoms with Crippen LogP contribution in [0.3, 0.4) is 0 Å². The zero-order chi connectivity index (χ0) is 14.3. The zero-order valence-corrected chi connectivity index (χ0v) is 11.7. The molecule has 0 radical (unpaired) electrons. The second-order valence-corrected chi connectivity index (χ2v) is 6.19. The van der Waals surface area contributed by atoms with Gasteiger partial charge >= 0.3 is 0 Å². The average Bonchev–Trinajstić information content (AvgIpc) is 2.94. The standard InChI is InChI=1S/C13H14N4O2S/c1-16-7-6-10(15-16)8-17-9-13(20(14,18)19)11-4-2-3-5-12(11)17/h2-7,9H,8H2,1H3,(H2,14,18,19). The van der Waals surface area contributed by atoms with E-state index >= 15 is 0 Å². The van der Waals surface area contributed by atoms with Gasteiger partial charge in [0, 0.05) is 30.3 Å². The van der Waals surface area contributed by atoms with Crippen LogP contribution < -0.4 is 5.14 Å². The Morgan fingerprint density at radius 3 is 2.65 bits per heavy atom. The van der Waals surface area contributed by atoms with Crippen molar-refractivity contribution in [1.82, 2.24) is 14.3 Å². The number of primary sulfonamides is 1. The van der Waals surface area contributed by atoms with Crippen LogP contribution >= 0.6 is 0 Å². The van der Waals surface area contributed by atoms with E-state index in [1.165, 1.54) is 0 Å².